The number of nitrogens with zero attached hydrogens (tertiary/aromatic N) is 6. The van der Waals surface area contributed by atoms with Crippen molar-refractivity contribution in [3.63, 3.8) is 0 Å². The number of carbonyl (C=O) groups excluding carboxylic acids is 1. The topological polar surface area (TPSA) is 89.9 Å². The zero-order valence-corrected chi connectivity index (χ0v) is 18.1. The summed E-state index contributed by atoms with van der Waals surface area (Å²) in [5, 5.41) is 16.5. The van der Waals surface area contributed by atoms with E-state index in [9.17, 15) is 9.18 Å². The normalized spacial score (nSPS) is 12.0. The number of aromatic nitrogens is 5. The zero-order chi connectivity index (χ0) is 22.7. The van der Waals surface area contributed by atoms with Crippen molar-refractivity contribution in [2.45, 2.75) is 33.2 Å². The highest BCUT2D eigenvalue weighted by atomic mass is 19.1. The van der Waals surface area contributed by atoms with Crippen molar-refractivity contribution in [3.05, 3.63) is 77.7 Å². The standard InChI is InChI=1S/C23H23FN6O2/c1-4-29(23(31)19-13-15(2)5-10-20(19)30-25-11-12-26-30)16(3)14-21-27-28-22(32-21)17-6-8-18(24)9-7-17/h5-13,16H,4,14H2,1-3H3/t16-/m0/s1. The number of likely N-dealkylation sites (N-methyl/N-ethyl adjacent to an activating group) is 1. The molecule has 2 heterocycles. The Morgan fingerprint density at radius 1 is 1.12 bits per heavy atom. The third kappa shape index (κ3) is 4.41. The molecule has 164 valence electrons. The lowest BCUT2D eigenvalue weighted by Gasteiger charge is -2.28. The number of aryl methyl sites for hydroxylation is 1. The van der Waals surface area contributed by atoms with E-state index in [1.807, 2.05) is 39.0 Å². The summed E-state index contributed by atoms with van der Waals surface area (Å²) < 4.78 is 18.9. The molecule has 4 aromatic rings. The molecule has 0 aliphatic heterocycles. The number of halogens is 1. The number of rotatable bonds is 7. The summed E-state index contributed by atoms with van der Waals surface area (Å²) in [6.45, 7) is 6.30. The lowest BCUT2D eigenvalue weighted by molar-refractivity contribution is 0.0698. The molecule has 2 aromatic carbocycles. The second-order valence-corrected chi connectivity index (χ2v) is 7.49. The Morgan fingerprint density at radius 2 is 1.84 bits per heavy atom. The van der Waals surface area contributed by atoms with Gasteiger partial charge in [0.15, 0.2) is 0 Å². The molecule has 0 saturated heterocycles. The third-order valence-corrected chi connectivity index (χ3v) is 5.18. The molecule has 0 aliphatic carbocycles. The average Bonchev–Trinajstić information content (AvgIpc) is 3.47. The fourth-order valence-corrected chi connectivity index (χ4v) is 3.55. The molecule has 4 rings (SSSR count). The molecule has 0 spiro atoms. The van der Waals surface area contributed by atoms with Crippen LogP contribution in [0.3, 0.4) is 0 Å². The number of carbonyl (C=O) groups is 1. The number of hydrogen-bond acceptors (Lipinski definition) is 6. The molecular formula is C23H23FN6O2. The first-order valence-electron chi connectivity index (χ1n) is 10.3. The summed E-state index contributed by atoms with van der Waals surface area (Å²) in [6, 6.07) is 11.3. The number of hydrogen-bond donors (Lipinski definition) is 0. The van der Waals surface area contributed by atoms with Gasteiger partial charge in [-0.1, -0.05) is 11.6 Å². The summed E-state index contributed by atoms with van der Waals surface area (Å²) in [6.07, 6.45) is 3.53. The van der Waals surface area contributed by atoms with Crippen LogP contribution in [-0.2, 0) is 6.42 Å². The first kappa shape index (κ1) is 21.4. The molecule has 1 atom stereocenters. The van der Waals surface area contributed by atoms with E-state index >= 15 is 0 Å². The van der Waals surface area contributed by atoms with E-state index in [-0.39, 0.29) is 17.8 Å². The van der Waals surface area contributed by atoms with E-state index in [0.29, 0.717) is 41.6 Å². The lowest BCUT2D eigenvalue weighted by Crippen LogP contribution is -2.40. The van der Waals surface area contributed by atoms with Gasteiger partial charge in [-0.25, -0.2) is 4.39 Å². The van der Waals surface area contributed by atoms with Crippen LogP contribution in [0.2, 0.25) is 0 Å². The minimum Gasteiger partial charge on any atom is -0.421 e. The maximum absolute atomic E-state index is 13.5. The van der Waals surface area contributed by atoms with E-state index in [1.165, 1.54) is 16.9 Å². The van der Waals surface area contributed by atoms with Crippen molar-refractivity contribution in [2.75, 3.05) is 6.54 Å². The van der Waals surface area contributed by atoms with Gasteiger partial charge in [0.1, 0.15) is 5.82 Å². The van der Waals surface area contributed by atoms with Crippen LogP contribution in [0.5, 0.6) is 0 Å². The molecule has 0 fully saturated rings. The Bertz CT molecular complexity index is 1200. The van der Waals surface area contributed by atoms with Crippen molar-refractivity contribution >= 4 is 5.91 Å². The van der Waals surface area contributed by atoms with Gasteiger partial charge in [0.2, 0.25) is 11.8 Å². The SMILES string of the molecule is CCN(C(=O)c1cc(C)ccc1-n1nccn1)[C@@H](C)Cc1nnc(-c2ccc(F)cc2)o1. The van der Waals surface area contributed by atoms with Gasteiger partial charge in [-0.3, -0.25) is 4.79 Å². The Kier molecular flexibility index (Phi) is 6.07. The van der Waals surface area contributed by atoms with E-state index in [4.69, 9.17) is 4.42 Å². The highest BCUT2D eigenvalue weighted by molar-refractivity contribution is 5.98. The van der Waals surface area contributed by atoms with Crippen LogP contribution in [-0.4, -0.2) is 48.6 Å². The first-order chi connectivity index (χ1) is 15.5. The zero-order valence-electron chi connectivity index (χ0n) is 18.1. The largest absolute Gasteiger partial charge is 0.421 e. The Morgan fingerprint density at radius 3 is 2.53 bits per heavy atom. The molecular weight excluding hydrogens is 411 g/mol. The van der Waals surface area contributed by atoms with Crippen LogP contribution >= 0.6 is 0 Å². The van der Waals surface area contributed by atoms with E-state index in [1.54, 1.807) is 29.4 Å². The predicted octanol–water partition coefficient (Wildman–Crippen LogP) is 3.86. The fourth-order valence-electron chi connectivity index (χ4n) is 3.55. The summed E-state index contributed by atoms with van der Waals surface area (Å²) >= 11 is 0. The van der Waals surface area contributed by atoms with Gasteiger partial charge in [-0.15, -0.1) is 10.2 Å². The minimum atomic E-state index is -0.333. The van der Waals surface area contributed by atoms with Crippen LogP contribution in [0.4, 0.5) is 4.39 Å². The third-order valence-electron chi connectivity index (χ3n) is 5.18. The molecule has 8 nitrogen and oxygen atoms in total. The van der Waals surface area contributed by atoms with Crippen LogP contribution in [0, 0.1) is 12.7 Å². The van der Waals surface area contributed by atoms with Crippen molar-refractivity contribution in [1.82, 2.24) is 30.1 Å². The summed E-state index contributed by atoms with van der Waals surface area (Å²) in [5.41, 5.74) is 2.74. The van der Waals surface area contributed by atoms with Crippen LogP contribution in [0.25, 0.3) is 17.1 Å². The van der Waals surface area contributed by atoms with Crippen molar-refractivity contribution in [2.24, 2.45) is 0 Å². The lowest BCUT2D eigenvalue weighted by atomic mass is 10.1. The molecule has 0 aliphatic rings. The number of benzene rings is 2. The predicted molar refractivity (Wildman–Crippen MR) is 116 cm³/mol. The Hall–Kier alpha value is -3.88. The van der Waals surface area contributed by atoms with Gasteiger partial charge < -0.3 is 9.32 Å². The van der Waals surface area contributed by atoms with Gasteiger partial charge in [0.25, 0.3) is 5.91 Å². The highest BCUT2D eigenvalue weighted by Crippen LogP contribution is 2.22. The molecule has 0 bridgehead atoms. The highest BCUT2D eigenvalue weighted by Gasteiger charge is 2.25. The molecule has 0 unspecified atom stereocenters. The quantitative estimate of drug-likeness (QED) is 0.439. The Labute approximate surface area is 184 Å². The molecule has 2 aromatic heterocycles. The molecule has 0 saturated carbocycles. The summed E-state index contributed by atoms with van der Waals surface area (Å²) in [7, 11) is 0. The molecule has 9 heteroatoms. The van der Waals surface area contributed by atoms with E-state index in [0.717, 1.165) is 5.56 Å². The molecule has 32 heavy (non-hydrogen) atoms. The first-order valence-corrected chi connectivity index (χ1v) is 10.3. The van der Waals surface area contributed by atoms with Crippen molar-refractivity contribution in [1.29, 1.82) is 0 Å². The van der Waals surface area contributed by atoms with Crippen LogP contribution < -0.4 is 0 Å². The maximum Gasteiger partial charge on any atom is 0.256 e. The van der Waals surface area contributed by atoms with Gasteiger partial charge in [0.05, 0.1) is 23.6 Å². The number of amides is 1. The van der Waals surface area contributed by atoms with Crippen LogP contribution in [0.1, 0.15) is 35.7 Å². The van der Waals surface area contributed by atoms with Crippen LogP contribution in [0.15, 0.2) is 59.3 Å². The van der Waals surface area contributed by atoms with Gasteiger partial charge in [-0.05, 0) is 57.2 Å². The molecule has 1 amide bonds. The molecule has 0 N–H and O–H groups in total. The smallest absolute Gasteiger partial charge is 0.256 e. The average molecular weight is 434 g/mol. The summed E-state index contributed by atoms with van der Waals surface area (Å²) in [4.78, 5) is 16.7. The Balaban J connectivity index is 1.55. The van der Waals surface area contributed by atoms with Crippen molar-refractivity contribution in [3.8, 4) is 17.1 Å². The van der Waals surface area contributed by atoms with Gasteiger partial charge in [0, 0.05) is 24.6 Å². The minimum absolute atomic E-state index is 0.130. The maximum atomic E-state index is 13.5. The van der Waals surface area contributed by atoms with Gasteiger partial charge in [-0.2, -0.15) is 15.0 Å². The summed E-state index contributed by atoms with van der Waals surface area (Å²) in [5.74, 6) is 0.253. The van der Waals surface area contributed by atoms with E-state index < -0.39 is 0 Å². The second-order valence-electron chi connectivity index (χ2n) is 7.49. The van der Waals surface area contributed by atoms with E-state index in [2.05, 4.69) is 20.4 Å². The second kappa shape index (κ2) is 9.09. The molecule has 0 radical (unpaired) electrons. The van der Waals surface area contributed by atoms with Gasteiger partial charge >= 0.3 is 0 Å². The monoisotopic (exact) mass is 434 g/mol. The van der Waals surface area contributed by atoms with Crippen molar-refractivity contribution < 1.29 is 13.6 Å². The fraction of sp³-hybridized carbons (Fsp3) is 0.261.